The first-order valence-electron chi connectivity index (χ1n) is 9.76. The summed E-state index contributed by atoms with van der Waals surface area (Å²) in [5, 5.41) is 2.52. The quantitative estimate of drug-likeness (QED) is 0.416. The van der Waals surface area contributed by atoms with Gasteiger partial charge in [-0.25, -0.2) is 16.8 Å². The van der Waals surface area contributed by atoms with Crippen LogP contribution in [0, 0.1) is 13.8 Å². The highest BCUT2D eigenvalue weighted by atomic mass is 32.2. The first-order valence-corrected chi connectivity index (χ1v) is 12.7. The van der Waals surface area contributed by atoms with E-state index >= 15 is 0 Å². The number of amides is 1. The summed E-state index contributed by atoms with van der Waals surface area (Å²) >= 11 is 0. The average Bonchev–Trinajstić information content (AvgIpc) is 2.75. The van der Waals surface area contributed by atoms with Crippen LogP contribution in [0.5, 0.6) is 0 Å². The molecule has 3 rings (SSSR count). The highest BCUT2D eigenvalue weighted by Gasteiger charge is 2.20. The van der Waals surface area contributed by atoms with Crippen molar-refractivity contribution in [2.75, 3.05) is 14.8 Å². The molecule has 8 nitrogen and oxygen atoms in total. The van der Waals surface area contributed by atoms with Gasteiger partial charge in [-0.15, -0.1) is 0 Å². The highest BCUT2D eigenvalue weighted by Crippen LogP contribution is 2.30. The Hall–Kier alpha value is -3.63. The van der Waals surface area contributed by atoms with Crippen molar-refractivity contribution in [3.05, 3.63) is 90.5 Å². The topological polar surface area (TPSA) is 121 Å². The van der Waals surface area contributed by atoms with Gasteiger partial charge >= 0.3 is 0 Å². The molecule has 0 saturated carbocycles. The number of carbonyl (C=O) groups excluding carboxylic acids is 1. The molecular formula is C23H23N3O5S2. The van der Waals surface area contributed by atoms with E-state index in [4.69, 9.17) is 0 Å². The summed E-state index contributed by atoms with van der Waals surface area (Å²) in [6.45, 7) is 7.03. The van der Waals surface area contributed by atoms with Gasteiger partial charge in [0.25, 0.3) is 20.0 Å². The zero-order valence-corrected chi connectivity index (χ0v) is 19.6. The normalized spacial score (nSPS) is 11.5. The van der Waals surface area contributed by atoms with Crippen LogP contribution in [0.25, 0.3) is 0 Å². The molecule has 0 heterocycles. The third-order valence-corrected chi connectivity index (χ3v) is 7.39. The summed E-state index contributed by atoms with van der Waals surface area (Å²) in [6, 6.07) is 16.5. The molecule has 3 aromatic carbocycles. The average molecular weight is 486 g/mol. The van der Waals surface area contributed by atoms with E-state index in [0.29, 0.717) is 0 Å². The lowest BCUT2D eigenvalue weighted by atomic mass is 10.2. The maximum absolute atomic E-state index is 12.9. The predicted molar refractivity (Wildman–Crippen MR) is 129 cm³/mol. The first-order chi connectivity index (χ1) is 15.5. The second-order valence-corrected chi connectivity index (χ2v) is 10.7. The van der Waals surface area contributed by atoms with Gasteiger partial charge in [0.2, 0.25) is 5.91 Å². The molecule has 1 amide bonds. The van der Waals surface area contributed by atoms with E-state index in [-0.39, 0.29) is 26.9 Å². The molecule has 172 valence electrons. The Morgan fingerprint density at radius 1 is 0.727 bits per heavy atom. The van der Waals surface area contributed by atoms with Crippen LogP contribution < -0.4 is 14.8 Å². The number of benzene rings is 3. The monoisotopic (exact) mass is 485 g/mol. The van der Waals surface area contributed by atoms with Gasteiger partial charge in [-0.1, -0.05) is 42.0 Å². The fourth-order valence-electron chi connectivity index (χ4n) is 2.83. The maximum Gasteiger partial charge on any atom is 0.261 e. The van der Waals surface area contributed by atoms with Crippen molar-refractivity contribution in [1.29, 1.82) is 0 Å². The lowest BCUT2D eigenvalue weighted by Gasteiger charge is -2.16. The molecule has 0 aliphatic carbocycles. The molecule has 0 fully saturated rings. The molecule has 10 heteroatoms. The van der Waals surface area contributed by atoms with Crippen LogP contribution in [0.2, 0.25) is 0 Å². The fourth-order valence-corrected chi connectivity index (χ4v) is 4.98. The number of nitrogens with one attached hydrogen (secondary N) is 3. The van der Waals surface area contributed by atoms with Crippen LogP contribution in [0.3, 0.4) is 0 Å². The lowest BCUT2D eigenvalue weighted by Crippen LogP contribution is -2.18. The second-order valence-electron chi connectivity index (χ2n) is 7.29. The Bertz CT molecular complexity index is 1400. The molecule has 3 N–H and O–H groups in total. The summed E-state index contributed by atoms with van der Waals surface area (Å²) in [5.74, 6) is -0.504. The maximum atomic E-state index is 12.9. The number of sulfonamides is 2. The number of carbonyl (C=O) groups is 1. The van der Waals surface area contributed by atoms with Crippen LogP contribution in [-0.4, -0.2) is 22.7 Å². The van der Waals surface area contributed by atoms with E-state index in [9.17, 15) is 21.6 Å². The molecule has 0 saturated heterocycles. The zero-order chi connectivity index (χ0) is 24.2. The van der Waals surface area contributed by atoms with Crippen molar-refractivity contribution in [3.8, 4) is 0 Å². The van der Waals surface area contributed by atoms with Gasteiger partial charge in [0.15, 0.2) is 0 Å². The molecule has 0 aliphatic heterocycles. The van der Waals surface area contributed by atoms with Gasteiger partial charge in [-0.3, -0.25) is 14.2 Å². The molecule has 0 aromatic heterocycles. The summed E-state index contributed by atoms with van der Waals surface area (Å²) in [7, 11) is -8.05. The number of aryl methyl sites for hydroxylation is 2. The Kier molecular flexibility index (Phi) is 6.89. The summed E-state index contributed by atoms with van der Waals surface area (Å²) in [6.07, 6.45) is 1.06. The smallest absolute Gasteiger partial charge is 0.261 e. The third kappa shape index (κ3) is 5.99. The molecule has 33 heavy (non-hydrogen) atoms. The van der Waals surface area contributed by atoms with Crippen molar-refractivity contribution in [1.82, 2.24) is 0 Å². The standard InChI is InChI=1S/C23H23N3O5S2/c1-4-23(27)24-18-9-14-21(25-32(28,29)19-10-5-16(2)6-11-19)22(15-18)26-33(30,31)20-12-7-17(3)8-13-20/h4-15,25-26H,1H2,2-3H3,(H,24,27). The van der Waals surface area contributed by atoms with Crippen molar-refractivity contribution in [2.45, 2.75) is 23.6 Å². The van der Waals surface area contributed by atoms with Gasteiger partial charge < -0.3 is 5.32 Å². The van der Waals surface area contributed by atoms with E-state index < -0.39 is 26.0 Å². The van der Waals surface area contributed by atoms with Gasteiger partial charge in [0, 0.05) is 5.69 Å². The minimum absolute atomic E-state index is 0.000900. The van der Waals surface area contributed by atoms with Crippen molar-refractivity contribution in [2.24, 2.45) is 0 Å². The van der Waals surface area contributed by atoms with E-state index in [1.807, 2.05) is 13.8 Å². The Morgan fingerprint density at radius 3 is 1.64 bits per heavy atom. The van der Waals surface area contributed by atoms with Crippen molar-refractivity contribution >= 4 is 43.0 Å². The molecule has 0 bridgehead atoms. The minimum Gasteiger partial charge on any atom is -0.322 e. The van der Waals surface area contributed by atoms with Crippen LogP contribution in [0.4, 0.5) is 17.1 Å². The summed E-state index contributed by atoms with van der Waals surface area (Å²) in [4.78, 5) is 11.7. The fraction of sp³-hybridized carbons (Fsp3) is 0.0870. The Labute approximate surface area is 193 Å². The van der Waals surface area contributed by atoms with Gasteiger partial charge in [0.05, 0.1) is 21.2 Å². The van der Waals surface area contributed by atoms with Crippen LogP contribution in [0.15, 0.2) is 89.2 Å². The molecule has 0 atom stereocenters. The largest absolute Gasteiger partial charge is 0.322 e. The summed E-state index contributed by atoms with van der Waals surface area (Å²) in [5.41, 5.74) is 1.95. The SMILES string of the molecule is C=CC(=O)Nc1ccc(NS(=O)(=O)c2ccc(C)cc2)c(NS(=O)(=O)c2ccc(C)cc2)c1. The molecule has 0 aliphatic rings. The zero-order valence-electron chi connectivity index (χ0n) is 18.0. The number of rotatable bonds is 8. The van der Waals surface area contributed by atoms with Crippen molar-refractivity contribution in [3.63, 3.8) is 0 Å². The van der Waals surface area contributed by atoms with Gasteiger partial charge in [-0.05, 0) is 62.4 Å². The van der Waals surface area contributed by atoms with Crippen LogP contribution in [0.1, 0.15) is 11.1 Å². The van der Waals surface area contributed by atoms with Gasteiger partial charge in [-0.2, -0.15) is 0 Å². The Balaban J connectivity index is 2.02. The predicted octanol–water partition coefficient (Wildman–Crippen LogP) is 4.03. The van der Waals surface area contributed by atoms with Crippen molar-refractivity contribution < 1.29 is 21.6 Å². The van der Waals surface area contributed by atoms with E-state index in [1.165, 1.54) is 42.5 Å². The molecule has 3 aromatic rings. The van der Waals surface area contributed by atoms with Gasteiger partial charge in [0.1, 0.15) is 0 Å². The van der Waals surface area contributed by atoms with E-state index in [0.717, 1.165) is 17.2 Å². The number of hydrogen-bond donors (Lipinski definition) is 3. The molecular weight excluding hydrogens is 462 g/mol. The number of hydrogen-bond acceptors (Lipinski definition) is 5. The Morgan fingerprint density at radius 2 is 1.18 bits per heavy atom. The van der Waals surface area contributed by atoms with E-state index in [2.05, 4.69) is 21.3 Å². The second kappa shape index (κ2) is 9.47. The summed E-state index contributed by atoms with van der Waals surface area (Å²) < 4.78 is 56.4. The first kappa shape index (κ1) is 24.0. The van der Waals surface area contributed by atoms with E-state index in [1.54, 1.807) is 24.3 Å². The molecule has 0 radical (unpaired) electrons. The molecule has 0 unspecified atom stereocenters. The van der Waals surface area contributed by atoms with Crippen LogP contribution >= 0.6 is 0 Å². The highest BCUT2D eigenvalue weighted by molar-refractivity contribution is 7.93. The lowest BCUT2D eigenvalue weighted by molar-refractivity contribution is -0.111. The third-order valence-electron chi connectivity index (χ3n) is 4.62. The minimum atomic E-state index is -4.05. The van der Waals surface area contributed by atoms with Crippen LogP contribution in [-0.2, 0) is 24.8 Å². The number of anilines is 3. The molecule has 0 spiro atoms.